The van der Waals surface area contributed by atoms with Crippen LogP contribution in [0.2, 0.25) is 0 Å². The minimum atomic E-state index is -4.09. The van der Waals surface area contributed by atoms with Crippen LogP contribution in [0.5, 0.6) is 0 Å². The number of anilines is 2. The van der Waals surface area contributed by atoms with Crippen LogP contribution in [0.1, 0.15) is 28.4 Å². The number of ether oxygens (including phenoxy) is 1. The van der Waals surface area contributed by atoms with Gasteiger partial charge < -0.3 is 10.1 Å². The van der Waals surface area contributed by atoms with Crippen molar-refractivity contribution < 1.29 is 27.1 Å². The molecular formula is C24H20FN3O5S. The molecule has 0 heterocycles. The molecular weight excluding hydrogens is 461 g/mol. The van der Waals surface area contributed by atoms with Gasteiger partial charge in [-0.05, 0) is 74.0 Å². The van der Waals surface area contributed by atoms with E-state index in [1.165, 1.54) is 37.3 Å². The molecule has 0 fully saturated rings. The number of halogens is 1. The number of nitrogens with one attached hydrogen (secondary N) is 2. The highest BCUT2D eigenvalue weighted by Gasteiger charge is 2.23. The average molecular weight is 482 g/mol. The molecule has 0 saturated heterocycles. The van der Waals surface area contributed by atoms with Gasteiger partial charge in [0.05, 0.1) is 22.1 Å². The Kier molecular flexibility index (Phi) is 7.28. The van der Waals surface area contributed by atoms with Gasteiger partial charge in [0.1, 0.15) is 5.82 Å². The summed E-state index contributed by atoms with van der Waals surface area (Å²) in [6, 6.07) is 16.9. The van der Waals surface area contributed by atoms with E-state index in [-0.39, 0.29) is 16.1 Å². The van der Waals surface area contributed by atoms with E-state index in [1.54, 1.807) is 25.1 Å². The Bertz CT molecular complexity index is 1380. The predicted molar refractivity (Wildman–Crippen MR) is 123 cm³/mol. The van der Waals surface area contributed by atoms with Crippen LogP contribution in [0.25, 0.3) is 0 Å². The molecule has 3 aromatic rings. The van der Waals surface area contributed by atoms with Crippen LogP contribution in [-0.4, -0.2) is 26.4 Å². The SMILES string of the molecule is Cc1ccc(C(=O)OC(C)C(=O)Nc2cccc(C#N)c2)cc1S(=O)(=O)Nc1ccc(F)cc1. The molecule has 0 aromatic heterocycles. The van der Waals surface area contributed by atoms with E-state index in [1.807, 2.05) is 6.07 Å². The summed E-state index contributed by atoms with van der Waals surface area (Å²) in [7, 11) is -4.09. The van der Waals surface area contributed by atoms with Crippen LogP contribution in [0.15, 0.2) is 71.6 Å². The maximum atomic E-state index is 13.1. The number of hydrogen-bond acceptors (Lipinski definition) is 6. The first-order valence-corrected chi connectivity index (χ1v) is 11.5. The standard InChI is InChI=1S/C24H20FN3O5S/c1-15-6-7-18(13-22(15)34(31,32)28-20-10-8-19(25)9-11-20)24(30)33-16(2)23(29)27-21-5-3-4-17(12-21)14-26/h3-13,16,28H,1-2H3,(H,27,29). The molecule has 0 spiro atoms. The van der Waals surface area contributed by atoms with E-state index in [4.69, 9.17) is 10.00 Å². The minimum absolute atomic E-state index is 0.0730. The molecule has 0 aliphatic carbocycles. The molecule has 1 atom stereocenters. The van der Waals surface area contributed by atoms with Crippen molar-refractivity contribution >= 4 is 33.3 Å². The quantitative estimate of drug-likeness (QED) is 0.492. The van der Waals surface area contributed by atoms with E-state index in [0.29, 0.717) is 16.8 Å². The first-order chi connectivity index (χ1) is 16.1. The number of amides is 1. The number of rotatable bonds is 7. The van der Waals surface area contributed by atoms with Crippen LogP contribution >= 0.6 is 0 Å². The van der Waals surface area contributed by atoms with Crippen LogP contribution in [0, 0.1) is 24.1 Å². The predicted octanol–water partition coefficient (Wildman–Crippen LogP) is 3.99. The Hall–Kier alpha value is -4.23. The van der Waals surface area contributed by atoms with Gasteiger partial charge >= 0.3 is 5.97 Å². The van der Waals surface area contributed by atoms with Gasteiger partial charge in [-0.15, -0.1) is 0 Å². The summed E-state index contributed by atoms with van der Waals surface area (Å²) in [6.45, 7) is 2.92. The normalized spacial score (nSPS) is 11.7. The van der Waals surface area contributed by atoms with Crippen molar-refractivity contribution in [2.24, 2.45) is 0 Å². The van der Waals surface area contributed by atoms with Gasteiger partial charge in [0, 0.05) is 11.4 Å². The lowest BCUT2D eigenvalue weighted by atomic mass is 10.1. The number of nitrogens with zero attached hydrogens (tertiary/aromatic N) is 1. The number of esters is 1. The lowest BCUT2D eigenvalue weighted by molar-refractivity contribution is -0.123. The highest BCUT2D eigenvalue weighted by molar-refractivity contribution is 7.92. The fraction of sp³-hybridized carbons (Fsp3) is 0.125. The third-order valence-electron chi connectivity index (χ3n) is 4.72. The zero-order valence-electron chi connectivity index (χ0n) is 18.2. The molecule has 8 nitrogen and oxygen atoms in total. The lowest BCUT2D eigenvalue weighted by Crippen LogP contribution is -2.30. The number of sulfonamides is 1. The van der Waals surface area contributed by atoms with Crippen molar-refractivity contribution in [1.82, 2.24) is 0 Å². The summed E-state index contributed by atoms with van der Waals surface area (Å²) in [5, 5.41) is 11.5. The number of carbonyl (C=O) groups excluding carboxylic acids is 2. The van der Waals surface area contributed by atoms with Crippen molar-refractivity contribution in [3.8, 4) is 6.07 Å². The van der Waals surface area contributed by atoms with Gasteiger partial charge in [-0.1, -0.05) is 12.1 Å². The Labute approximate surface area is 196 Å². The molecule has 0 aliphatic heterocycles. The fourth-order valence-corrected chi connectivity index (χ4v) is 4.27. The van der Waals surface area contributed by atoms with E-state index >= 15 is 0 Å². The average Bonchev–Trinajstić information content (AvgIpc) is 2.80. The van der Waals surface area contributed by atoms with E-state index in [2.05, 4.69) is 10.0 Å². The lowest BCUT2D eigenvalue weighted by Gasteiger charge is -2.15. The highest BCUT2D eigenvalue weighted by atomic mass is 32.2. The number of nitriles is 1. The van der Waals surface area contributed by atoms with Crippen molar-refractivity contribution in [2.45, 2.75) is 24.8 Å². The Morgan fingerprint density at radius 2 is 1.74 bits per heavy atom. The second-order valence-corrected chi connectivity index (χ2v) is 8.97. The van der Waals surface area contributed by atoms with Crippen LogP contribution in [0.3, 0.4) is 0 Å². The summed E-state index contributed by atoms with van der Waals surface area (Å²) in [5.41, 5.74) is 1.16. The van der Waals surface area contributed by atoms with Crippen molar-refractivity contribution in [3.63, 3.8) is 0 Å². The van der Waals surface area contributed by atoms with Gasteiger partial charge in [0.25, 0.3) is 15.9 Å². The fourth-order valence-electron chi connectivity index (χ4n) is 2.94. The monoisotopic (exact) mass is 481 g/mol. The zero-order valence-corrected chi connectivity index (χ0v) is 19.0. The van der Waals surface area contributed by atoms with E-state index < -0.39 is 33.8 Å². The molecule has 0 bridgehead atoms. The number of hydrogen-bond donors (Lipinski definition) is 2. The minimum Gasteiger partial charge on any atom is -0.449 e. The molecule has 174 valence electrons. The third kappa shape index (κ3) is 5.96. The first-order valence-electron chi connectivity index (χ1n) is 10.00. The molecule has 0 radical (unpaired) electrons. The van der Waals surface area contributed by atoms with Crippen molar-refractivity contribution in [3.05, 3.63) is 89.2 Å². The molecule has 0 saturated carbocycles. The summed E-state index contributed by atoms with van der Waals surface area (Å²) in [5.74, 6) is -2.03. The molecule has 3 aromatic carbocycles. The second kappa shape index (κ2) is 10.1. The first kappa shape index (κ1) is 24.4. The Balaban J connectivity index is 1.73. The molecule has 3 rings (SSSR count). The Morgan fingerprint density at radius 3 is 2.41 bits per heavy atom. The second-order valence-electron chi connectivity index (χ2n) is 7.32. The topological polar surface area (TPSA) is 125 Å². The van der Waals surface area contributed by atoms with Gasteiger partial charge in [-0.2, -0.15) is 5.26 Å². The summed E-state index contributed by atoms with van der Waals surface area (Å²) < 4.78 is 46.3. The van der Waals surface area contributed by atoms with Gasteiger partial charge in [0.2, 0.25) is 0 Å². The molecule has 2 N–H and O–H groups in total. The zero-order chi connectivity index (χ0) is 24.9. The van der Waals surface area contributed by atoms with Crippen LogP contribution in [-0.2, 0) is 19.6 Å². The van der Waals surface area contributed by atoms with E-state index in [9.17, 15) is 22.4 Å². The highest BCUT2D eigenvalue weighted by Crippen LogP contribution is 2.22. The largest absolute Gasteiger partial charge is 0.449 e. The van der Waals surface area contributed by atoms with Gasteiger partial charge in [-0.25, -0.2) is 17.6 Å². The molecule has 1 unspecified atom stereocenters. The van der Waals surface area contributed by atoms with Crippen LogP contribution in [0.4, 0.5) is 15.8 Å². The van der Waals surface area contributed by atoms with Crippen molar-refractivity contribution in [2.75, 3.05) is 10.0 Å². The molecule has 1 amide bonds. The smallest absolute Gasteiger partial charge is 0.338 e. The number of carbonyl (C=O) groups is 2. The molecule has 10 heteroatoms. The van der Waals surface area contributed by atoms with Crippen LogP contribution < -0.4 is 10.0 Å². The molecule has 0 aliphatic rings. The summed E-state index contributed by atoms with van der Waals surface area (Å²) in [6.07, 6.45) is -1.20. The third-order valence-corrected chi connectivity index (χ3v) is 6.25. The van der Waals surface area contributed by atoms with Crippen molar-refractivity contribution in [1.29, 1.82) is 5.26 Å². The number of aryl methyl sites for hydroxylation is 1. The number of benzene rings is 3. The summed E-state index contributed by atoms with van der Waals surface area (Å²) >= 11 is 0. The van der Waals surface area contributed by atoms with Gasteiger partial charge in [0.15, 0.2) is 6.10 Å². The Morgan fingerprint density at radius 1 is 1.03 bits per heavy atom. The molecule has 34 heavy (non-hydrogen) atoms. The maximum Gasteiger partial charge on any atom is 0.338 e. The van der Waals surface area contributed by atoms with E-state index in [0.717, 1.165) is 18.2 Å². The summed E-state index contributed by atoms with van der Waals surface area (Å²) in [4.78, 5) is 24.8. The van der Waals surface area contributed by atoms with Gasteiger partial charge in [-0.3, -0.25) is 9.52 Å². The maximum absolute atomic E-state index is 13.1.